The van der Waals surface area contributed by atoms with Gasteiger partial charge in [-0.1, -0.05) is 30.3 Å². The lowest BCUT2D eigenvalue weighted by atomic mass is 10.2. The Labute approximate surface area is 150 Å². The quantitative estimate of drug-likeness (QED) is 0.791. The molecule has 1 aliphatic heterocycles. The predicted molar refractivity (Wildman–Crippen MR) is 99.2 cm³/mol. The van der Waals surface area contributed by atoms with E-state index in [1.54, 1.807) is 4.90 Å². The maximum atomic E-state index is 12.3. The molecular formula is C19H30N4O2. The van der Waals surface area contributed by atoms with E-state index >= 15 is 0 Å². The second-order valence-electron chi connectivity index (χ2n) is 6.79. The largest absolute Gasteiger partial charge is 0.337 e. The average molecular weight is 346 g/mol. The van der Waals surface area contributed by atoms with Crippen LogP contribution in [0.2, 0.25) is 0 Å². The number of nitrogens with zero attached hydrogens (tertiary/aromatic N) is 2. The molecule has 0 aromatic heterocycles. The van der Waals surface area contributed by atoms with Crippen LogP contribution in [0.5, 0.6) is 0 Å². The summed E-state index contributed by atoms with van der Waals surface area (Å²) in [5.74, 6) is -0.0725. The Kier molecular flexibility index (Phi) is 7.25. The molecule has 0 spiro atoms. The lowest BCUT2D eigenvalue weighted by Crippen LogP contribution is -2.47. The number of hydrogen-bond donors (Lipinski definition) is 2. The molecule has 0 bridgehead atoms. The van der Waals surface area contributed by atoms with E-state index in [-0.39, 0.29) is 24.5 Å². The Balaban J connectivity index is 1.73. The van der Waals surface area contributed by atoms with Crippen molar-refractivity contribution in [3.05, 3.63) is 35.9 Å². The molecule has 138 valence electrons. The second kappa shape index (κ2) is 9.42. The monoisotopic (exact) mass is 346 g/mol. The predicted octanol–water partition coefficient (Wildman–Crippen LogP) is 1.82. The van der Waals surface area contributed by atoms with Crippen molar-refractivity contribution in [2.75, 3.05) is 26.2 Å². The Morgan fingerprint density at radius 3 is 2.60 bits per heavy atom. The van der Waals surface area contributed by atoms with Gasteiger partial charge in [0.15, 0.2) is 0 Å². The highest BCUT2D eigenvalue weighted by molar-refractivity contribution is 5.84. The van der Waals surface area contributed by atoms with Gasteiger partial charge < -0.3 is 15.5 Å². The van der Waals surface area contributed by atoms with Crippen LogP contribution < -0.4 is 10.6 Å². The summed E-state index contributed by atoms with van der Waals surface area (Å²) in [7, 11) is 0. The molecule has 25 heavy (non-hydrogen) atoms. The van der Waals surface area contributed by atoms with Crippen LogP contribution in [-0.4, -0.2) is 60.0 Å². The summed E-state index contributed by atoms with van der Waals surface area (Å²) in [5.41, 5.74) is 1.09. The first-order valence-corrected chi connectivity index (χ1v) is 9.09. The fourth-order valence-electron chi connectivity index (χ4n) is 3.06. The van der Waals surface area contributed by atoms with Crippen LogP contribution in [0.25, 0.3) is 0 Å². The van der Waals surface area contributed by atoms with E-state index in [2.05, 4.69) is 29.4 Å². The van der Waals surface area contributed by atoms with Crippen molar-refractivity contribution in [3.63, 3.8) is 0 Å². The lowest BCUT2D eigenvalue weighted by molar-refractivity contribution is -0.130. The number of carbonyl (C=O) groups excluding carboxylic acids is 2. The van der Waals surface area contributed by atoms with Gasteiger partial charge >= 0.3 is 6.03 Å². The van der Waals surface area contributed by atoms with Gasteiger partial charge in [0.25, 0.3) is 0 Å². The zero-order valence-electron chi connectivity index (χ0n) is 15.5. The zero-order valence-corrected chi connectivity index (χ0v) is 15.5. The van der Waals surface area contributed by atoms with Crippen molar-refractivity contribution in [3.8, 4) is 0 Å². The smallest absolute Gasteiger partial charge is 0.315 e. The summed E-state index contributed by atoms with van der Waals surface area (Å²) in [6.07, 6.45) is 0.953. The third-order valence-electron chi connectivity index (χ3n) is 4.64. The molecule has 2 rings (SSSR count). The SMILES string of the molecule is CCN(Cc1ccccc1)C(=O)CNC(=O)N[C@@H]1CCN(C(C)C)C1. The summed E-state index contributed by atoms with van der Waals surface area (Å²) < 4.78 is 0. The molecule has 2 N–H and O–H groups in total. The molecule has 1 fully saturated rings. The first kappa shape index (κ1) is 19.2. The Morgan fingerprint density at radius 2 is 2.00 bits per heavy atom. The molecule has 1 aromatic rings. The van der Waals surface area contributed by atoms with Gasteiger partial charge in [0, 0.05) is 38.3 Å². The Hall–Kier alpha value is -2.08. The standard InChI is InChI=1S/C19H30N4O2/c1-4-22(13-16-8-6-5-7-9-16)18(24)12-20-19(25)21-17-10-11-23(14-17)15(2)3/h5-9,15,17H,4,10-14H2,1-3H3,(H2,20,21,25)/t17-/m1/s1. The van der Waals surface area contributed by atoms with Crippen molar-refractivity contribution >= 4 is 11.9 Å². The fraction of sp³-hybridized carbons (Fsp3) is 0.579. The van der Waals surface area contributed by atoms with Crippen molar-refractivity contribution in [2.45, 2.75) is 45.8 Å². The molecule has 1 saturated heterocycles. The Bertz CT molecular complexity index is 562. The minimum Gasteiger partial charge on any atom is -0.337 e. The molecule has 6 heteroatoms. The maximum Gasteiger partial charge on any atom is 0.315 e. The average Bonchev–Trinajstić information content (AvgIpc) is 3.07. The number of urea groups is 1. The van der Waals surface area contributed by atoms with Crippen molar-refractivity contribution in [1.29, 1.82) is 0 Å². The third kappa shape index (κ3) is 6.05. The summed E-state index contributed by atoms with van der Waals surface area (Å²) >= 11 is 0. The normalized spacial score (nSPS) is 17.5. The molecule has 1 heterocycles. The van der Waals surface area contributed by atoms with Crippen LogP contribution in [-0.2, 0) is 11.3 Å². The van der Waals surface area contributed by atoms with Crippen LogP contribution in [0.15, 0.2) is 30.3 Å². The molecule has 1 aromatic carbocycles. The molecule has 3 amide bonds. The van der Waals surface area contributed by atoms with Crippen LogP contribution >= 0.6 is 0 Å². The number of benzene rings is 1. The van der Waals surface area contributed by atoms with E-state index in [1.807, 2.05) is 37.3 Å². The van der Waals surface area contributed by atoms with Gasteiger partial charge in [-0.05, 0) is 32.8 Å². The Morgan fingerprint density at radius 1 is 1.28 bits per heavy atom. The number of rotatable bonds is 7. The van der Waals surface area contributed by atoms with E-state index in [9.17, 15) is 9.59 Å². The number of likely N-dealkylation sites (tertiary alicyclic amines) is 1. The first-order chi connectivity index (χ1) is 12.0. The fourth-order valence-corrected chi connectivity index (χ4v) is 3.06. The molecule has 0 unspecified atom stereocenters. The number of amides is 3. The molecule has 1 atom stereocenters. The highest BCUT2D eigenvalue weighted by Gasteiger charge is 2.25. The van der Waals surface area contributed by atoms with Gasteiger partial charge in [-0.25, -0.2) is 4.79 Å². The molecule has 0 aliphatic carbocycles. The van der Waals surface area contributed by atoms with E-state index in [4.69, 9.17) is 0 Å². The zero-order chi connectivity index (χ0) is 18.2. The van der Waals surface area contributed by atoms with Crippen molar-refractivity contribution < 1.29 is 9.59 Å². The van der Waals surface area contributed by atoms with Crippen molar-refractivity contribution in [2.24, 2.45) is 0 Å². The lowest BCUT2D eigenvalue weighted by Gasteiger charge is -2.22. The van der Waals surface area contributed by atoms with Gasteiger partial charge in [-0.3, -0.25) is 9.69 Å². The van der Waals surface area contributed by atoms with E-state index < -0.39 is 0 Å². The summed E-state index contributed by atoms with van der Waals surface area (Å²) in [6.45, 7) is 9.33. The number of likely N-dealkylation sites (N-methyl/N-ethyl adjacent to an activating group) is 1. The molecule has 0 saturated carbocycles. The van der Waals surface area contributed by atoms with E-state index in [1.165, 1.54) is 0 Å². The van der Waals surface area contributed by atoms with Crippen molar-refractivity contribution in [1.82, 2.24) is 20.4 Å². The van der Waals surface area contributed by atoms with Gasteiger partial charge in [0.2, 0.25) is 5.91 Å². The van der Waals surface area contributed by atoms with Crippen LogP contribution in [0.3, 0.4) is 0 Å². The molecule has 6 nitrogen and oxygen atoms in total. The number of hydrogen-bond acceptors (Lipinski definition) is 3. The summed E-state index contributed by atoms with van der Waals surface area (Å²) in [5, 5.41) is 5.66. The van der Waals surface area contributed by atoms with Gasteiger partial charge in [0.05, 0.1) is 6.54 Å². The topological polar surface area (TPSA) is 64.7 Å². The summed E-state index contributed by atoms with van der Waals surface area (Å²) in [6, 6.07) is 10.3. The first-order valence-electron chi connectivity index (χ1n) is 9.09. The van der Waals surface area contributed by atoms with E-state index in [0.29, 0.717) is 19.1 Å². The molecule has 0 radical (unpaired) electrons. The highest BCUT2D eigenvalue weighted by Crippen LogP contribution is 2.12. The maximum absolute atomic E-state index is 12.3. The van der Waals surface area contributed by atoms with Gasteiger partial charge in [-0.2, -0.15) is 0 Å². The van der Waals surface area contributed by atoms with Crippen LogP contribution in [0, 0.1) is 0 Å². The molecular weight excluding hydrogens is 316 g/mol. The third-order valence-corrected chi connectivity index (χ3v) is 4.64. The van der Waals surface area contributed by atoms with Crippen LogP contribution in [0.4, 0.5) is 4.79 Å². The van der Waals surface area contributed by atoms with Gasteiger partial charge in [0.1, 0.15) is 0 Å². The minimum absolute atomic E-state index is 0.0210. The summed E-state index contributed by atoms with van der Waals surface area (Å²) in [4.78, 5) is 28.5. The number of carbonyl (C=O) groups is 2. The minimum atomic E-state index is -0.264. The van der Waals surface area contributed by atoms with Gasteiger partial charge in [-0.15, -0.1) is 0 Å². The molecule has 1 aliphatic rings. The second-order valence-corrected chi connectivity index (χ2v) is 6.79. The van der Waals surface area contributed by atoms with Crippen LogP contribution in [0.1, 0.15) is 32.8 Å². The highest BCUT2D eigenvalue weighted by atomic mass is 16.2. The number of nitrogens with one attached hydrogen (secondary N) is 2. The van der Waals surface area contributed by atoms with E-state index in [0.717, 1.165) is 25.1 Å².